The monoisotopic (exact) mass is 403 g/mol. The molecule has 0 bridgehead atoms. The summed E-state index contributed by atoms with van der Waals surface area (Å²) in [6.07, 6.45) is 2.14. The molecule has 0 radical (unpaired) electrons. The Bertz CT molecular complexity index is 976. The largest absolute Gasteiger partial charge is 0.452 e. The lowest BCUT2D eigenvalue weighted by Crippen LogP contribution is -2.32. The fourth-order valence-corrected chi connectivity index (χ4v) is 4.02. The first-order valence-corrected chi connectivity index (χ1v) is 8.85. The van der Waals surface area contributed by atoms with Gasteiger partial charge in [-0.05, 0) is 44.0 Å². The van der Waals surface area contributed by atoms with Gasteiger partial charge in [-0.25, -0.2) is 8.78 Å². The first-order valence-electron chi connectivity index (χ1n) is 7.94. The molecule has 4 rings (SSSR count). The van der Waals surface area contributed by atoms with Crippen molar-refractivity contribution >= 4 is 32.9 Å². The van der Waals surface area contributed by atoms with Crippen molar-refractivity contribution in [3.63, 3.8) is 0 Å². The molecule has 0 saturated carbocycles. The number of ether oxygens (including phenoxy) is 1. The summed E-state index contributed by atoms with van der Waals surface area (Å²) in [6, 6.07) is 5.99. The zero-order valence-corrected chi connectivity index (χ0v) is 15.6. The summed E-state index contributed by atoms with van der Waals surface area (Å²) < 4.78 is 33.8. The van der Waals surface area contributed by atoms with Crippen LogP contribution in [0, 0.1) is 11.6 Å². The zero-order chi connectivity index (χ0) is 17.9. The normalized spacial score (nSPS) is 18.5. The van der Waals surface area contributed by atoms with Crippen LogP contribution in [0.5, 0.6) is 5.75 Å². The van der Waals surface area contributed by atoms with E-state index in [9.17, 15) is 8.78 Å². The highest BCUT2D eigenvalue weighted by Gasteiger charge is 2.32. The molecule has 0 saturated heterocycles. The smallest absolute Gasteiger partial charge is 0.171 e. The number of anilines is 1. The first kappa shape index (κ1) is 16.3. The third kappa shape index (κ3) is 2.49. The van der Waals surface area contributed by atoms with Crippen LogP contribution in [0.4, 0.5) is 14.5 Å². The molecule has 0 aromatic heterocycles. The topological polar surface area (TPSA) is 21.3 Å². The minimum atomic E-state index is -0.711. The molecule has 0 amide bonds. The van der Waals surface area contributed by atoms with Gasteiger partial charge in [0.15, 0.2) is 11.6 Å². The van der Waals surface area contributed by atoms with E-state index in [1.807, 2.05) is 19.1 Å². The number of halogens is 3. The number of nitrogens with one attached hydrogen (secondary N) is 1. The van der Waals surface area contributed by atoms with Crippen molar-refractivity contribution in [3.05, 3.63) is 58.1 Å². The van der Waals surface area contributed by atoms with Crippen LogP contribution in [0.3, 0.4) is 0 Å². The summed E-state index contributed by atoms with van der Waals surface area (Å²) >= 11 is 3.32. The van der Waals surface area contributed by atoms with Crippen molar-refractivity contribution in [2.75, 3.05) is 5.32 Å². The fraction of sp³-hybridized carbons (Fsp3) is 0.200. The lowest BCUT2D eigenvalue weighted by Gasteiger charge is -2.35. The number of hydrogen-bond acceptors (Lipinski definition) is 2. The maximum atomic E-state index is 14.2. The van der Waals surface area contributed by atoms with Gasteiger partial charge in [0, 0.05) is 33.4 Å². The Kier molecular flexibility index (Phi) is 3.55. The maximum absolute atomic E-state index is 14.2. The molecule has 2 heterocycles. The average molecular weight is 404 g/mol. The number of allylic oxidation sites excluding steroid dienone is 1. The zero-order valence-electron chi connectivity index (χ0n) is 14.0. The van der Waals surface area contributed by atoms with Crippen LogP contribution in [0.2, 0.25) is 0 Å². The van der Waals surface area contributed by atoms with Crippen LogP contribution in [-0.4, -0.2) is 5.54 Å². The molecule has 0 spiro atoms. The molecule has 0 aliphatic carbocycles. The van der Waals surface area contributed by atoms with Gasteiger partial charge in [-0.2, -0.15) is 0 Å². The Morgan fingerprint density at radius 1 is 1.12 bits per heavy atom. The van der Waals surface area contributed by atoms with Crippen LogP contribution >= 0.6 is 15.9 Å². The summed E-state index contributed by atoms with van der Waals surface area (Å²) in [4.78, 5) is 1.63. The molecular weight excluding hydrogens is 388 g/mol. The van der Waals surface area contributed by atoms with Gasteiger partial charge in [-0.1, -0.05) is 28.1 Å². The van der Waals surface area contributed by atoms with E-state index < -0.39 is 11.6 Å². The maximum Gasteiger partial charge on any atom is 0.171 e. The molecule has 25 heavy (non-hydrogen) atoms. The van der Waals surface area contributed by atoms with Crippen molar-refractivity contribution in [3.8, 4) is 16.9 Å². The van der Waals surface area contributed by atoms with Gasteiger partial charge < -0.3 is 10.1 Å². The SMILES string of the molecule is CC1=CC(C)(C)Nc2ccc3c(c21)/C(=C/Br)Oc1c(F)cc(F)cc1-3. The Hall–Kier alpha value is -2.14. The molecule has 5 heteroatoms. The molecule has 0 atom stereocenters. The highest BCUT2D eigenvalue weighted by Crippen LogP contribution is 2.49. The first-order chi connectivity index (χ1) is 11.8. The van der Waals surface area contributed by atoms with Crippen molar-refractivity contribution in [2.24, 2.45) is 0 Å². The van der Waals surface area contributed by atoms with E-state index >= 15 is 0 Å². The van der Waals surface area contributed by atoms with Crippen LogP contribution in [-0.2, 0) is 0 Å². The summed E-state index contributed by atoms with van der Waals surface area (Å²) in [6.45, 7) is 6.22. The second-order valence-electron chi connectivity index (χ2n) is 6.92. The highest BCUT2D eigenvalue weighted by molar-refractivity contribution is 9.11. The van der Waals surface area contributed by atoms with Gasteiger partial charge in [-0.15, -0.1) is 0 Å². The van der Waals surface area contributed by atoms with E-state index in [4.69, 9.17) is 4.74 Å². The van der Waals surface area contributed by atoms with Crippen molar-refractivity contribution in [2.45, 2.75) is 26.3 Å². The van der Waals surface area contributed by atoms with E-state index in [-0.39, 0.29) is 11.3 Å². The molecule has 0 fully saturated rings. The average Bonchev–Trinajstić information content (AvgIpc) is 2.52. The standard InChI is InChI=1S/C20H16BrF2NO/c1-10-8-20(2,3)24-15-5-4-12-13-6-11(22)7-14(23)19(13)25-16(9-21)18(12)17(10)15/h4-9,24H,1-3H3/b16-9-. The molecule has 2 aromatic rings. The summed E-state index contributed by atoms with van der Waals surface area (Å²) in [5, 5.41) is 3.49. The van der Waals surface area contributed by atoms with Crippen molar-refractivity contribution in [1.29, 1.82) is 0 Å². The van der Waals surface area contributed by atoms with Gasteiger partial charge >= 0.3 is 0 Å². The molecule has 2 nitrogen and oxygen atoms in total. The van der Waals surface area contributed by atoms with Crippen molar-refractivity contribution in [1.82, 2.24) is 0 Å². The summed E-state index contributed by atoms with van der Waals surface area (Å²) in [5.41, 5.74) is 4.87. The van der Waals surface area contributed by atoms with E-state index in [2.05, 4.69) is 41.2 Å². The minimum absolute atomic E-state index is 0.0466. The number of rotatable bonds is 0. The van der Waals surface area contributed by atoms with E-state index in [1.54, 1.807) is 4.99 Å². The fourth-order valence-electron chi connectivity index (χ4n) is 3.70. The van der Waals surface area contributed by atoms with Crippen LogP contribution in [0.15, 0.2) is 35.3 Å². The second kappa shape index (κ2) is 5.43. The van der Waals surface area contributed by atoms with Gasteiger partial charge in [0.1, 0.15) is 11.6 Å². The lowest BCUT2D eigenvalue weighted by atomic mass is 9.83. The minimum Gasteiger partial charge on any atom is -0.452 e. The Morgan fingerprint density at radius 2 is 1.88 bits per heavy atom. The Labute approximate surface area is 153 Å². The molecule has 0 unspecified atom stereocenters. The van der Waals surface area contributed by atoms with Crippen LogP contribution in [0.1, 0.15) is 31.9 Å². The number of hydrogen-bond donors (Lipinski definition) is 1. The van der Waals surface area contributed by atoms with E-state index in [0.29, 0.717) is 11.3 Å². The predicted molar refractivity (Wildman–Crippen MR) is 101 cm³/mol. The quantitative estimate of drug-likeness (QED) is 0.555. The molecule has 1 N–H and O–H groups in total. The third-order valence-corrected chi connectivity index (χ3v) is 4.91. The number of benzene rings is 2. The molecule has 2 aliphatic heterocycles. The molecule has 2 aromatic carbocycles. The van der Waals surface area contributed by atoms with Crippen LogP contribution < -0.4 is 10.1 Å². The molecular formula is C20H16BrF2NO. The van der Waals surface area contributed by atoms with Gasteiger partial charge in [0.25, 0.3) is 0 Å². The third-order valence-electron chi connectivity index (χ3n) is 4.49. The molecule has 128 valence electrons. The Balaban J connectivity index is 2.07. The summed E-state index contributed by atoms with van der Waals surface area (Å²) in [5.74, 6) is -0.789. The highest BCUT2D eigenvalue weighted by atomic mass is 79.9. The van der Waals surface area contributed by atoms with E-state index in [1.165, 1.54) is 6.07 Å². The van der Waals surface area contributed by atoms with Gasteiger partial charge in [-0.3, -0.25) is 0 Å². The predicted octanol–water partition coefficient (Wildman–Crippen LogP) is 6.32. The lowest BCUT2D eigenvalue weighted by molar-refractivity contribution is 0.459. The van der Waals surface area contributed by atoms with Gasteiger partial charge in [0.2, 0.25) is 0 Å². The molecule has 2 aliphatic rings. The van der Waals surface area contributed by atoms with E-state index in [0.717, 1.165) is 34.0 Å². The van der Waals surface area contributed by atoms with Crippen molar-refractivity contribution < 1.29 is 13.5 Å². The Morgan fingerprint density at radius 3 is 2.60 bits per heavy atom. The second-order valence-corrected chi connectivity index (χ2v) is 7.38. The number of fused-ring (bicyclic) bond motifs is 5. The van der Waals surface area contributed by atoms with Gasteiger partial charge in [0.05, 0.1) is 5.54 Å². The van der Waals surface area contributed by atoms with Crippen LogP contribution in [0.25, 0.3) is 22.5 Å². The summed E-state index contributed by atoms with van der Waals surface area (Å²) in [7, 11) is 0.